The van der Waals surface area contributed by atoms with Crippen LogP contribution < -0.4 is 11.3 Å². The smallest absolute Gasteiger partial charge is 0.254 e. The average molecular weight is 181 g/mol. The van der Waals surface area contributed by atoms with Gasteiger partial charge in [-0.2, -0.15) is 0 Å². The third-order valence-electron chi connectivity index (χ3n) is 1.82. The van der Waals surface area contributed by atoms with Crippen molar-refractivity contribution in [1.29, 1.82) is 0 Å². The van der Waals surface area contributed by atoms with Crippen LogP contribution in [0.15, 0.2) is 11.0 Å². The van der Waals surface area contributed by atoms with Crippen molar-refractivity contribution in [3.8, 4) is 0 Å². The summed E-state index contributed by atoms with van der Waals surface area (Å²) in [6.45, 7) is 3.81. The number of H-pyrrole nitrogens is 1. The first kappa shape index (κ1) is 9.92. The van der Waals surface area contributed by atoms with Gasteiger partial charge in [0, 0.05) is 24.2 Å². The third kappa shape index (κ3) is 2.66. The Hall–Kier alpha value is -1.16. The standard InChI is InChI=1S/C9H15N3O/c1-3-7-5-11-8(4-6(2)10)12-9(7)13/h5-6H,3-4,10H2,1-2H3,(H,11,12,13). The van der Waals surface area contributed by atoms with Crippen LogP contribution in [0.3, 0.4) is 0 Å². The number of hydrogen-bond donors (Lipinski definition) is 2. The lowest BCUT2D eigenvalue weighted by Crippen LogP contribution is -2.23. The van der Waals surface area contributed by atoms with Gasteiger partial charge in [0.2, 0.25) is 0 Å². The molecule has 0 spiro atoms. The van der Waals surface area contributed by atoms with E-state index in [9.17, 15) is 4.79 Å². The van der Waals surface area contributed by atoms with E-state index >= 15 is 0 Å². The van der Waals surface area contributed by atoms with Crippen LogP contribution in [0.5, 0.6) is 0 Å². The average Bonchev–Trinajstić information content (AvgIpc) is 2.03. The van der Waals surface area contributed by atoms with Crippen molar-refractivity contribution < 1.29 is 0 Å². The largest absolute Gasteiger partial charge is 0.328 e. The Kier molecular flexibility index (Phi) is 3.19. The zero-order valence-electron chi connectivity index (χ0n) is 8.00. The van der Waals surface area contributed by atoms with Crippen molar-refractivity contribution in [2.45, 2.75) is 32.7 Å². The van der Waals surface area contributed by atoms with E-state index in [1.165, 1.54) is 0 Å². The maximum Gasteiger partial charge on any atom is 0.254 e. The molecule has 1 unspecified atom stereocenters. The highest BCUT2D eigenvalue weighted by Gasteiger charge is 2.02. The summed E-state index contributed by atoms with van der Waals surface area (Å²) >= 11 is 0. The first-order chi connectivity index (χ1) is 6.13. The molecule has 0 aromatic carbocycles. The minimum Gasteiger partial charge on any atom is -0.328 e. The third-order valence-corrected chi connectivity index (χ3v) is 1.82. The lowest BCUT2D eigenvalue weighted by Gasteiger charge is -2.04. The molecule has 72 valence electrons. The monoisotopic (exact) mass is 181 g/mol. The predicted molar refractivity (Wildman–Crippen MR) is 51.6 cm³/mol. The topological polar surface area (TPSA) is 71.8 Å². The molecular weight excluding hydrogens is 166 g/mol. The highest BCUT2D eigenvalue weighted by Crippen LogP contribution is 1.93. The zero-order chi connectivity index (χ0) is 9.84. The number of nitrogens with zero attached hydrogens (tertiary/aromatic N) is 1. The fraction of sp³-hybridized carbons (Fsp3) is 0.556. The molecule has 0 fully saturated rings. The molecule has 13 heavy (non-hydrogen) atoms. The van der Waals surface area contributed by atoms with E-state index in [4.69, 9.17) is 5.73 Å². The van der Waals surface area contributed by atoms with E-state index in [1.54, 1.807) is 6.20 Å². The molecule has 0 aliphatic heterocycles. The van der Waals surface area contributed by atoms with Gasteiger partial charge in [-0.3, -0.25) is 4.79 Å². The zero-order valence-corrected chi connectivity index (χ0v) is 8.00. The van der Waals surface area contributed by atoms with E-state index in [2.05, 4.69) is 9.97 Å². The molecular formula is C9H15N3O. The Bertz CT molecular complexity index is 330. The van der Waals surface area contributed by atoms with E-state index in [-0.39, 0.29) is 11.6 Å². The molecule has 0 bridgehead atoms. The number of hydrogen-bond acceptors (Lipinski definition) is 3. The number of aromatic nitrogens is 2. The summed E-state index contributed by atoms with van der Waals surface area (Å²) in [6, 6.07) is 0.0237. The first-order valence-electron chi connectivity index (χ1n) is 4.46. The van der Waals surface area contributed by atoms with E-state index < -0.39 is 0 Å². The molecule has 4 heteroatoms. The van der Waals surface area contributed by atoms with Gasteiger partial charge in [0.25, 0.3) is 5.56 Å². The molecule has 4 nitrogen and oxygen atoms in total. The maximum absolute atomic E-state index is 11.3. The molecule has 1 rings (SSSR count). The minimum atomic E-state index is -0.0480. The van der Waals surface area contributed by atoms with E-state index in [0.717, 1.165) is 0 Å². The number of nitrogens with one attached hydrogen (secondary N) is 1. The predicted octanol–water partition coefficient (Wildman–Crippen LogP) is 0.222. The van der Waals surface area contributed by atoms with Gasteiger partial charge in [-0.1, -0.05) is 6.92 Å². The molecule has 0 amide bonds. The first-order valence-corrected chi connectivity index (χ1v) is 4.46. The van der Waals surface area contributed by atoms with Gasteiger partial charge >= 0.3 is 0 Å². The van der Waals surface area contributed by atoms with Crippen LogP contribution in [0.4, 0.5) is 0 Å². The summed E-state index contributed by atoms with van der Waals surface area (Å²) in [7, 11) is 0. The van der Waals surface area contributed by atoms with Crippen LogP contribution in [0.1, 0.15) is 25.2 Å². The summed E-state index contributed by atoms with van der Waals surface area (Å²) in [5.74, 6) is 0.664. The normalized spacial score (nSPS) is 12.8. The van der Waals surface area contributed by atoms with Gasteiger partial charge in [-0.15, -0.1) is 0 Å². The Morgan fingerprint density at radius 3 is 2.85 bits per heavy atom. The Morgan fingerprint density at radius 1 is 1.69 bits per heavy atom. The van der Waals surface area contributed by atoms with E-state index in [0.29, 0.717) is 24.2 Å². The van der Waals surface area contributed by atoms with Crippen molar-refractivity contribution in [3.63, 3.8) is 0 Å². The Labute approximate surface area is 77.2 Å². The summed E-state index contributed by atoms with van der Waals surface area (Å²) in [5, 5.41) is 0. The molecule has 0 saturated carbocycles. The van der Waals surface area contributed by atoms with E-state index in [1.807, 2.05) is 13.8 Å². The second kappa shape index (κ2) is 4.18. The molecule has 1 aromatic rings. The van der Waals surface area contributed by atoms with Gasteiger partial charge in [-0.25, -0.2) is 4.98 Å². The summed E-state index contributed by atoms with van der Waals surface area (Å²) < 4.78 is 0. The maximum atomic E-state index is 11.3. The van der Waals surface area contributed by atoms with Gasteiger partial charge in [-0.05, 0) is 13.3 Å². The van der Waals surface area contributed by atoms with Crippen molar-refractivity contribution in [3.05, 3.63) is 27.9 Å². The molecule has 3 N–H and O–H groups in total. The van der Waals surface area contributed by atoms with Crippen molar-refractivity contribution >= 4 is 0 Å². The fourth-order valence-corrected chi connectivity index (χ4v) is 1.12. The highest BCUT2D eigenvalue weighted by molar-refractivity contribution is 5.05. The summed E-state index contributed by atoms with van der Waals surface area (Å²) in [6.07, 6.45) is 2.94. The number of aryl methyl sites for hydroxylation is 1. The van der Waals surface area contributed by atoms with Crippen LogP contribution in [-0.2, 0) is 12.8 Å². The molecule has 0 radical (unpaired) electrons. The van der Waals surface area contributed by atoms with Crippen LogP contribution in [0, 0.1) is 0 Å². The molecule has 0 aliphatic rings. The molecule has 0 aliphatic carbocycles. The molecule has 1 atom stereocenters. The lowest BCUT2D eigenvalue weighted by atomic mass is 10.2. The van der Waals surface area contributed by atoms with Crippen LogP contribution >= 0.6 is 0 Å². The van der Waals surface area contributed by atoms with Crippen molar-refractivity contribution in [1.82, 2.24) is 9.97 Å². The lowest BCUT2D eigenvalue weighted by molar-refractivity contribution is 0.696. The summed E-state index contributed by atoms with van der Waals surface area (Å²) in [4.78, 5) is 18.1. The van der Waals surface area contributed by atoms with Gasteiger partial charge in [0.15, 0.2) is 0 Å². The Balaban J connectivity index is 2.90. The SMILES string of the molecule is CCc1cnc(CC(C)N)[nH]c1=O. The van der Waals surface area contributed by atoms with Gasteiger partial charge in [0.1, 0.15) is 5.82 Å². The quantitative estimate of drug-likeness (QED) is 0.700. The second-order valence-electron chi connectivity index (χ2n) is 3.22. The summed E-state index contributed by atoms with van der Waals surface area (Å²) in [5.41, 5.74) is 6.25. The molecule has 0 saturated heterocycles. The minimum absolute atomic E-state index is 0.0237. The van der Waals surface area contributed by atoms with Crippen molar-refractivity contribution in [2.24, 2.45) is 5.73 Å². The fourth-order valence-electron chi connectivity index (χ4n) is 1.12. The number of aromatic amines is 1. The highest BCUT2D eigenvalue weighted by atomic mass is 16.1. The molecule has 1 heterocycles. The van der Waals surface area contributed by atoms with Gasteiger partial charge in [0.05, 0.1) is 0 Å². The van der Waals surface area contributed by atoms with Crippen LogP contribution in [0.25, 0.3) is 0 Å². The van der Waals surface area contributed by atoms with Crippen molar-refractivity contribution in [2.75, 3.05) is 0 Å². The number of rotatable bonds is 3. The second-order valence-corrected chi connectivity index (χ2v) is 3.22. The van der Waals surface area contributed by atoms with Crippen LogP contribution in [-0.4, -0.2) is 16.0 Å². The Morgan fingerprint density at radius 2 is 2.38 bits per heavy atom. The van der Waals surface area contributed by atoms with Crippen LogP contribution in [0.2, 0.25) is 0 Å². The molecule has 1 aromatic heterocycles. The van der Waals surface area contributed by atoms with Gasteiger partial charge < -0.3 is 10.7 Å². The number of nitrogens with two attached hydrogens (primary N) is 1.